The topological polar surface area (TPSA) is 65.4 Å². The van der Waals surface area contributed by atoms with E-state index in [0.717, 1.165) is 0 Å². The molecule has 0 aromatic heterocycles. The van der Waals surface area contributed by atoms with E-state index in [1.807, 2.05) is 20.8 Å². The number of likely N-dealkylation sites (tertiary alicyclic amines) is 1. The number of allylic oxidation sites excluding steroid dienone is 2. The third kappa shape index (κ3) is 4.49. The van der Waals surface area contributed by atoms with Gasteiger partial charge in [-0.15, -0.1) is 0 Å². The summed E-state index contributed by atoms with van der Waals surface area (Å²) in [6, 6.07) is -0.271. The number of nitrogens with zero attached hydrogens (tertiary/aromatic N) is 3. The molecular weight excluding hydrogens is 313 g/mol. The molecule has 24 heavy (non-hydrogen) atoms. The van der Waals surface area contributed by atoms with Crippen molar-refractivity contribution in [3.63, 3.8) is 0 Å². The van der Waals surface area contributed by atoms with Crippen molar-refractivity contribution in [1.82, 2.24) is 9.80 Å². The quantitative estimate of drug-likeness (QED) is 0.477. The highest BCUT2D eigenvalue weighted by molar-refractivity contribution is 5.93. The van der Waals surface area contributed by atoms with Gasteiger partial charge in [0.1, 0.15) is 11.4 Å². The summed E-state index contributed by atoms with van der Waals surface area (Å²) in [7, 11) is 1.74. The van der Waals surface area contributed by atoms with Crippen LogP contribution in [0.15, 0.2) is 29.3 Å². The lowest BCUT2D eigenvalue weighted by Crippen LogP contribution is -2.46. The molecule has 1 fully saturated rings. The first-order valence-electron chi connectivity index (χ1n) is 8.18. The summed E-state index contributed by atoms with van der Waals surface area (Å²) in [5, 5.41) is 12.9. The summed E-state index contributed by atoms with van der Waals surface area (Å²) < 4.78 is 18.6. The van der Waals surface area contributed by atoms with Gasteiger partial charge in [0.25, 0.3) is 0 Å². The maximum Gasteiger partial charge on any atom is 0.410 e. The van der Waals surface area contributed by atoms with Crippen molar-refractivity contribution >= 4 is 11.8 Å². The lowest BCUT2D eigenvalue weighted by Gasteiger charge is -2.36. The molecule has 7 heteroatoms. The first kappa shape index (κ1) is 18.3. The van der Waals surface area contributed by atoms with E-state index in [9.17, 15) is 14.4 Å². The highest BCUT2D eigenvalue weighted by atomic mass is 19.1. The van der Waals surface area contributed by atoms with Gasteiger partial charge in [-0.25, -0.2) is 9.18 Å². The second kappa shape index (κ2) is 7.23. The van der Waals surface area contributed by atoms with Gasteiger partial charge in [-0.2, -0.15) is 0 Å². The van der Waals surface area contributed by atoms with Crippen LogP contribution in [-0.4, -0.2) is 58.6 Å². The number of oxime groups is 1. The number of halogens is 1. The minimum absolute atomic E-state index is 0.0420. The van der Waals surface area contributed by atoms with E-state index in [4.69, 9.17) is 4.74 Å². The zero-order chi connectivity index (χ0) is 17.9. The molecule has 0 aromatic rings. The summed E-state index contributed by atoms with van der Waals surface area (Å²) in [4.78, 5) is 15.5. The second-order valence-electron chi connectivity index (χ2n) is 7.25. The highest BCUT2D eigenvalue weighted by Crippen LogP contribution is 2.25. The normalized spacial score (nSPS) is 23.3. The van der Waals surface area contributed by atoms with E-state index in [1.165, 1.54) is 12.3 Å². The highest BCUT2D eigenvalue weighted by Gasteiger charge is 2.33. The van der Waals surface area contributed by atoms with Gasteiger partial charge in [0.05, 0.1) is 11.8 Å². The maximum atomic E-state index is 13.3. The van der Waals surface area contributed by atoms with Gasteiger partial charge >= 0.3 is 6.09 Å². The predicted octanol–water partition coefficient (Wildman–Crippen LogP) is 3.14. The number of hydrogen-bond donors (Lipinski definition) is 1. The number of hydrogen-bond acceptors (Lipinski definition) is 5. The van der Waals surface area contributed by atoms with Crippen molar-refractivity contribution < 1.29 is 19.1 Å². The molecule has 1 saturated heterocycles. The zero-order valence-electron chi connectivity index (χ0n) is 14.7. The molecule has 1 unspecified atom stereocenters. The number of piperidine rings is 1. The van der Waals surface area contributed by atoms with E-state index in [1.54, 1.807) is 22.9 Å². The van der Waals surface area contributed by atoms with Crippen molar-refractivity contribution in [2.45, 2.75) is 45.3 Å². The molecule has 0 aliphatic carbocycles. The van der Waals surface area contributed by atoms with E-state index >= 15 is 0 Å². The number of carbonyl (C=O) groups is 1. The van der Waals surface area contributed by atoms with Crippen LogP contribution in [0.4, 0.5) is 9.18 Å². The largest absolute Gasteiger partial charge is 0.444 e. The standard InChI is InChI=1S/C17H26FN3O3/c1-17(2,3)24-16(22)21-9-7-12(8-10-21)15(19-23)14-6-5-13(18)11-20(14)4/h5-6,11-12,14,23H,7-10H2,1-4H3/b19-15+. The molecule has 1 N–H and O–H groups in total. The number of rotatable bonds is 2. The number of likely N-dealkylation sites (N-methyl/N-ethyl adjacent to an activating group) is 1. The van der Waals surface area contributed by atoms with Gasteiger partial charge in [0.2, 0.25) is 0 Å². The van der Waals surface area contributed by atoms with Crippen molar-refractivity contribution in [2.24, 2.45) is 11.1 Å². The molecule has 0 saturated carbocycles. The third-order valence-corrected chi connectivity index (χ3v) is 4.19. The molecule has 1 amide bonds. The summed E-state index contributed by atoms with van der Waals surface area (Å²) in [6.07, 6.45) is 5.50. The smallest absolute Gasteiger partial charge is 0.410 e. The average molecular weight is 339 g/mol. The SMILES string of the molecule is CN1C=C(F)C=CC1/C(=N/O)C1CCN(C(=O)OC(C)(C)C)CC1. The molecular formula is C17H26FN3O3. The fourth-order valence-electron chi connectivity index (χ4n) is 3.01. The Balaban J connectivity index is 1.96. The van der Waals surface area contributed by atoms with Gasteiger partial charge < -0.3 is 19.7 Å². The van der Waals surface area contributed by atoms with Crippen LogP contribution in [0.1, 0.15) is 33.6 Å². The Morgan fingerprint density at radius 1 is 1.38 bits per heavy atom. The Labute approximate surface area is 142 Å². The number of carbonyl (C=O) groups excluding carboxylic acids is 1. The van der Waals surface area contributed by atoms with Gasteiger partial charge in [-0.3, -0.25) is 0 Å². The maximum absolute atomic E-state index is 13.3. The molecule has 134 valence electrons. The summed E-state index contributed by atoms with van der Waals surface area (Å²) in [5.74, 6) is -0.286. The molecule has 2 heterocycles. The van der Waals surface area contributed by atoms with Crippen LogP contribution in [0.2, 0.25) is 0 Å². The van der Waals surface area contributed by atoms with E-state index in [2.05, 4.69) is 5.16 Å². The Morgan fingerprint density at radius 2 is 2.00 bits per heavy atom. The predicted molar refractivity (Wildman–Crippen MR) is 89.6 cm³/mol. The Morgan fingerprint density at radius 3 is 2.50 bits per heavy atom. The molecule has 0 radical (unpaired) electrons. The third-order valence-electron chi connectivity index (χ3n) is 4.19. The summed E-state index contributed by atoms with van der Waals surface area (Å²) >= 11 is 0. The Bertz CT molecular complexity index is 558. The van der Waals surface area contributed by atoms with Gasteiger partial charge in [-0.1, -0.05) is 11.2 Å². The second-order valence-corrected chi connectivity index (χ2v) is 7.25. The molecule has 1 atom stereocenters. The van der Waals surface area contributed by atoms with Gasteiger partial charge in [0.15, 0.2) is 0 Å². The minimum atomic E-state index is -0.516. The van der Waals surface area contributed by atoms with Crippen molar-refractivity contribution in [3.8, 4) is 0 Å². The van der Waals surface area contributed by atoms with Crippen LogP contribution in [0, 0.1) is 5.92 Å². The van der Waals surface area contributed by atoms with Crippen LogP contribution >= 0.6 is 0 Å². The van der Waals surface area contributed by atoms with E-state index < -0.39 is 5.60 Å². The fraction of sp³-hybridized carbons (Fsp3) is 0.647. The zero-order valence-corrected chi connectivity index (χ0v) is 14.7. The monoisotopic (exact) mass is 339 g/mol. The minimum Gasteiger partial charge on any atom is -0.444 e. The summed E-state index contributed by atoms with van der Waals surface area (Å²) in [6.45, 7) is 6.61. The van der Waals surface area contributed by atoms with Gasteiger partial charge in [-0.05, 0) is 39.7 Å². The Hall–Kier alpha value is -2.05. The van der Waals surface area contributed by atoms with Crippen molar-refractivity contribution in [3.05, 3.63) is 24.2 Å². The van der Waals surface area contributed by atoms with Crippen LogP contribution < -0.4 is 0 Å². The lowest BCUT2D eigenvalue weighted by atomic mass is 9.87. The fourth-order valence-corrected chi connectivity index (χ4v) is 3.01. The van der Waals surface area contributed by atoms with Crippen LogP contribution in [0.25, 0.3) is 0 Å². The lowest BCUT2D eigenvalue weighted by molar-refractivity contribution is 0.0200. The molecule has 0 aromatic carbocycles. The van der Waals surface area contributed by atoms with Crippen LogP contribution in [0.3, 0.4) is 0 Å². The van der Waals surface area contributed by atoms with Crippen molar-refractivity contribution in [2.75, 3.05) is 20.1 Å². The van der Waals surface area contributed by atoms with E-state index in [-0.39, 0.29) is 23.9 Å². The number of amides is 1. The average Bonchev–Trinajstić information content (AvgIpc) is 2.49. The first-order valence-corrected chi connectivity index (χ1v) is 8.18. The summed E-state index contributed by atoms with van der Waals surface area (Å²) in [5.41, 5.74) is 0.0823. The van der Waals surface area contributed by atoms with Crippen molar-refractivity contribution in [1.29, 1.82) is 0 Å². The van der Waals surface area contributed by atoms with Crippen LogP contribution in [0.5, 0.6) is 0 Å². The first-order chi connectivity index (χ1) is 11.2. The van der Waals surface area contributed by atoms with Gasteiger partial charge in [0, 0.05) is 32.3 Å². The molecule has 2 aliphatic heterocycles. The molecule has 2 aliphatic rings. The van der Waals surface area contributed by atoms with Crippen LogP contribution in [-0.2, 0) is 4.74 Å². The number of ether oxygens (including phenoxy) is 1. The molecule has 0 bridgehead atoms. The molecule has 2 rings (SSSR count). The molecule has 6 nitrogen and oxygen atoms in total. The molecule has 0 spiro atoms. The van der Waals surface area contributed by atoms with E-state index in [0.29, 0.717) is 31.6 Å². The Kier molecular flexibility index (Phi) is 5.51.